The lowest BCUT2D eigenvalue weighted by molar-refractivity contribution is -0.123. The van der Waals surface area contributed by atoms with E-state index in [0.717, 1.165) is 36.1 Å². The molecule has 1 aromatic heterocycles. The summed E-state index contributed by atoms with van der Waals surface area (Å²) < 4.78 is 5.15. The van der Waals surface area contributed by atoms with Crippen molar-refractivity contribution < 1.29 is 9.21 Å². The second-order valence-corrected chi connectivity index (χ2v) is 5.24. The number of carbonyl (C=O) groups excluding carboxylic acids is 1. The zero-order valence-corrected chi connectivity index (χ0v) is 11.2. The molecule has 0 bridgehead atoms. The number of carbonyl (C=O) groups is 1. The van der Waals surface area contributed by atoms with Gasteiger partial charge in [0.1, 0.15) is 0 Å². The van der Waals surface area contributed by atoms with Crippen LogP contribution < -0.4 is 11.1 Å². The van der Waals surface area contributed by atoms with Crippen LogP contribution in [0.25, 0.3) is 11.5 Å². The number of anilines is 1. The van der Waals surface area contributed by atoms with E-state index < -0.39 is 5.54 Å². The Balaban J connectivity index is 1.79. The van der Waals surface area contributed by atoms with Gasteiger partial charge >= 0.3 is 0 Å². The van der Waals surface area contributed by atoms with Crippen molar-refractivity contribution in [3.8, 4) is 11.5 Å². The van der Waals surface area contributed by atoms with Crippen LogP contribution in [0.5, 0.6) is 0 Å². The van der Waals surface area contributed by atoms with Gasteiger partial charge in [0.05, 0.1) is 5.54 Å². The van der Waals surface area contributed by atoms with E-state index in [1.165, 1.54) is 6.39 Å². The molecule has 20 heavy (non-hydrogen) atoms. The third-order valence-corrected chi connectivity index (χ3v) is 3.78. The molecule has 3 N–H and O–H groups in total. The van der Waals surface area contributed by atoms with Crippen molar-refractivity contribution in [2.24, 2.45) is 5.73 Å². The molecular formula is C14H16N4O2. The molecule has 1 aliphatic carbocycles. The van der Waals surface area contributed by atoms with Crippen LogP contribution in [0.2, 0.25) is 0 Å². The van der Waals surface area contributed by atoms with E-state index in [-0.39, 0.29) is 5.91 Å². The Labute approximate surface area is 116 Å². The van der Waals surface area contributed by atoms with Gasteiger partial charge in [0.25, 0.3) is 0 Å². The summed E-state index contributed by atoms with van der Waals surface area (Å²) in [6.07, 6.45) is 3.80. The van der Waals surface area contributed by atoms with Gasteiger partial charge in [-0.1, -0.05) is 0 Å². The number of nitrogens with two attached hydrogens (primary N) is 1. The zero-order chi connectivity index (χ0) is 14.2. The van der Waals surface area contributed by atoms with Gasteiger partial charge in [-0.2, -0.15) is 0 Å². The lowest BCUT2D eigenvalue weighted by Crippen LogP contribution is -2.56. The minimum atomic E-state index is -0.697. The summed E-state index contributed by atoms with van der Waals surface area (Å²) in [5.41, 5.74) is 7.82. The van der Waals surface area contributed by atoms with Gasteiger partial charge in [-0.3, -0.25) is 4.79 Å². The Morgan fingerprint density at radius 1 is 1.45 bits per heavy atom. The number of hydrogen-bond acceptors (Lipinski definition) is 5. The average molecular weight is 272 g/mol. The minimum Gasteiger partial charge on any atom is -0.423 e. The largest absolute Gasteiger partial charge is 0.423 e. The second-order valence-electron chi connectivity index (χ2n) is 5.24. The maximum atomic E-state index is 12.1. The average Bonchev–Trinajstić information content (AvgIpc) is 2.92. The molecule has 1 aromatic carbocycles. The molecule has 1 saturated carbocycles. The van der Waals surface area contributed by atoms with E-state index in [0.29, 0.717) is 5.89 Å². The van der Waals surface area contributed by atoms with Crippen LogP contribution in [-0.2, 0) is 4.79 Å². The first-order valence-corrected chi connectivity index (χ1v) is 6.56. The number of hydrogen-bond donors (Lipinski definition) is 2. The minimum absolute atomic E-state index is 0.114. The SMILES string of the molecule is Cc1cc(-c2nnco2)ccc1NC(=O)C1(N)CCC1. The molecule has 0 spiro atoms. The molecule has 2 aromatic rings. The number of rotatable bonds is 3. The summed E-state index contributed by atoms with van der Waals surface area (Å²) in [4.78, 5) is 12.1. The number of amides is 1. The lowest BCUT2D eigenvalue weighted by atomic mass is 9.77. The van der Waals surface area contributed by atoms with Crippen molar-refractivity contribution in [3.63, 3.8) is 0 Å². The van der Waals surface area contributed by atoms with Gasteiger partial charge in [0, 0.05) is 11.3 Å². The molecule has 6 heteroatoms. The molecule has 0 radical (unpaired) electrons. The van der Waals surface area contributed by atoms with Crippen molar-refractivity contribution in [1.29, 1.82) is 0 Å². The van der Waals surface area contributed by atoms with Crippen molar-refractivity contribution in [1.82, 2.24) is 10.2 Å². The molecule has 1 aliphatic rings. The molecule has 1 heterocycles. The molecule has 3 rings (SSSR count). The van der Waals surface area contributed by atoms with Gasteiger partial charge in [0.15, 0.2) is 0 Å². The first kappa shape index (κ1) is 12.8. The number of aryl methyl sites for hydroxylation is 1. The summed E-state index contributed by atoms with van der Waals surface area (Å²) in [7, 11) is 0. The van der Waals surface area contributed by atoms with Crippen LogP contribution in [0, 0.1) is 6.92 Å². The molecule has 0 unspecified atom stereocenters. The summed E-state index contributed by atoms with van der Waals surface area (Å²) in [5.74, 6) is 0.345. The quantitative estimate of drug-likeness (QED) is 0.889. The molecule has 6 nitrogen and oxygen atoms in total. The molecule has 1 fully saturated rings. The van der Waals surface area contributed by atoms with Crippen LogP contribution in [0.4, 0.5) is 5.69 Å². The molecule has 1 amide bonds. The Morgan fingerprint density at radius 3 is 2.80 bits per heavy atom. The van der Waals surface area contributed by atoms with E-state index in [2.05, 4.69) is 15.5 Å². The standard InChI is InChI=1S/C14H16N4O2/c1-9-7-10(12-18-16-8-20-12)3-4-11(9)17-13(19)14(15)5-2-6-14/h3-4,7-8H,2,5-6,15H2,1H3,(H,17,19). The molecule has 104 valence electrons. The van der Waals surface area contributed by atoms with Crippen LogP contribution in [0.15, 0.2) is 29.0 Å². The maximum Gasteiger partial charge on any atom is 0.247 e. The Hall–Kier alpha value is -2.21. The van der Waals surface area contributed by atoms with E-state index in [1.54, 1.807) is 0 Å². The zero-order valence-electron chi connectivity index (χ0n) is 11.2. The highest BCUT2D eigenvalue weighted by Gasteiger charge is 2.40. The highest BCUT2D eigenvalue weighted by Crippen LogP contribution is 2.31. The Morgan fingerprint density at radius 2 is 2.25 bits per heavy atom. The van der Waals surface area contributed by atoms with Crippen molar-refractivity contribution >= 4 is 11.6 Å². The van der Waals surface area contributed by atoms with Crippen molar-refractivity contribution in [2.45, 2.75) is 31.7 Å². The van der Waals surface area contributed by atoms with Gasteiger partial charge in [-0.25, -0.2) is 0 Å². The predicted octanol–water partition coefficient (Wildman–Crippen LogP) is 1.86. The van der Waals surface area contributed by atoms with E-state index in [4.69, 9.17) is 10.2 Å². The van der Waals surface area contributed by atoms with Crippen LogP contribution in [0.1, 0.15) is 24.8 Å². The summed E-state index contributed by atoms with van der Waals surface area (Å²) in [5, 5.41) is 10.4. The van der Waals surface area contributed by atoms with E-state index in [1.807, 2.05) is 25.1 Å². The second kappa shape index (κ2) is 4.72. The fraction of sp³-hybridized carbons (Fsp3) is 0.357. The van der Waals surface area contributed by atoms with Gasteiger partial charge in [-0.15, -0.1) is 10.2 Å². The Bertz CT molecular complexity index is 633. The summed E-state index contributed by atoms with van der Waals surface area (Å²) in [6, 6.07) is 5.56. The van der Waals surface area contributed by atoms with Gasteiger partial charge in [-0.05, 0) is 49.9 Å². The lowest BCUT2D eigenvalue weighted by Gasteiger charge is -2.36. The fourth-order valence-electron chi connectivity index (χ4n) is 2.27. The van der Waals surface area contributed by atoms with Crippen LogP contribution in [0.3, 0.4) is 0 Å². The van der Waals surface area contributed by atoms with Crippen LogP contribution >= 0.6 is 0 Å². The number of nitrogens with zero attached hydrogens (tertiary/aromatic N) is 2. The first-order chi connectivity index (χ1) is 9.58. The molecular weight excluding hydrogens is 256 g/mol. The molecule has 0 aliphatic heterocycles. The monoisotopic (exact) mass is 272 g/mol. The maximum absolute atomic E-state index is 12.1. The summed E-state index contributed by atoms with van der Waals surface area (Å²) >= 11 is 0. The highest BCUT2D eigenvalue weighted by atomic mass is 16.4. The molecule has 0 saturated heterocycles. The smallest absolute Gasteiger partial charge is 0.247 e. The van der Waals surface area contributed by atoms with Gasteiger partial charge < -0.3 is 15.5 Å². The van der Waals surface area contributed by atoms with Crippen LogP contribution in [-0.4, -0.2) is 21.6 Å². The molecule has 0 atom stereocenters. The van der Waals surface area contributed by atoms with Crippen molar-refractivity contribution in [2.75, 3.05) is 5.32 Å². The number of aromatic nitrogens is 2. The third kappa shape index (κ3) is 2.18. The van der Waals surface area contributed by atoms with Gasteiger partial charge in [0.2, 0.25) is 18.2 Å². The first-order valence-electron chi connectivity index (χ1n) is 6.56. The summed E-state index contributed by atoms with van der Waals surface area (Å²) in [6.45, 7) is 1.92. The fourth-order valence-corrected chi connectivity index (χ4v) is 2.27. The number of benzene rings is 1. The Kier molecular flexibility index (Phi) is 3.02. The van der Waals surface area contributed by atoms with E-state index >= 15 is 0 Å². The predicted molar refractivity (Wildman–Crippen MR) is 73.9 cm³/mol. The van der Waals surface area contributed by atoms with Crippen molar-refractivity contribution in [3.05, 3.63) is 30.2 Å². The number of nitrogens with one attached hydrogen (secondary N) is 1. The topological polar surface area (TPSA) is 94.0 Å². The third-order valence-electron chi connectivity index (χ3n) is 3.78. The van der Waals surface area contributed by atoms with E-state index in [9.17, 15) is 4.79 Å². The normalized spacial score (nSPS) is 16.5. The highest BCUT2D eigenvalue weighted by molar-refractivity contribution is 5.99.